The molecule has 0 N–H and O–H groups in total. The van der Waals surface area contributed by atoms with Crippen LogP contribution in [0.25, 0.3) is 6.08 Å². The average Bonchev–Trinajstić information content (AvgIpc) is 2.08. The normalized spacial score (nSPS) is 10.2. The highest BCUT2D eigenvalue weighted by molar-refractivity contribution is 6.33. The van der Waals surface area contributed by atoms with E-state index >= 15 is 0 Å². The van der Waals surface area contributed by atoms with Crippen molar-refractivity contribution in [2.75, 3.05) is 0 Å². The molecule has 0 unspecified atom stereocenters. The van der Waals surface area contributed by atoms with E-state index in [9.17, 15) is 8.78 Å². The van der Waals surface area contributed by atoms with Crippen LogP contribution in [-0.4, -0.2) is 6.61 Å². The van der Waals surface area contributed by atoms with Gasteiger partial charge < -0.3 is 4.74 Å². The van der Waals surface area contributed by atoms with Gasteiger partial charge in [-0.2, -0.15) is 8.78 Å². The summed E-state index contributed by atoms with van der Waals surface area (Å²) >= 11 is 5.72. The molecule has 13 heavy (non-hydrogen) atoms. The van der Waals surface area contributed by atoms with Crippen molar-refractivity contribution in [2.45, 2.75) is 6.61 Å². The van der Waals surface area contributed by atoms with E-state index in [2.05, 4.69) is 11.3 Å². The van der Waals surface area contributed by atoms with E-state index in [1.165, 1.54) is 12.1 Å². The lowest BCUT2D eigenvalue weighted by Crippen LogP contribution is -2.02. The van der Waals surface area contributed by atoms with Gasteiger partial charge in [-0.05, 0) is 11.6 Å². The Morgan fingerprint density at radius 1 is 1.46 bits per heavy atom. The van der Waals surface area contributed by atoms with Crippen molar-refractivity contribution in [3.63, 3.8) is 0 Å². The van der Waals surface area contributed by atoms with Crippen LogP contribution in [0.1, 0.15) is 5.56 Å². The second-order valence-electron chi connectivity index (χ2n) is 2.24. The van der Waals surface area contributed by atoms with Gasteiger partial charge in [-0.3, -0.25) is 0 Å². The molecule has 0 saturated carbocycles. The minimum Gasteiger partial charge on any atom is -0.433 e. The summed E-state index contributed by atoms with van der Waals surface area (Å²) < 4.78 is 27.8. The van der Waals surface area contributed by atoms with Crippen molar-refractivity contribution in [2.24, 2.45) is 0 Å². The van der Waals surface area contributed by atoms with Gasteiger partial charge in [0.05, 0.1) is 5.02 Å². The predicted molar refractivity (Wildman–Crippen MR) is 48.2 cm³/mol. The van der Waals surface area contributed by atoms with Crippen molar-refractivity contribution >= 4 is 17.7 Å². The van der Waals surface area contributed by atoms with E-state index in [4.69, 9.17) is 11.6 Å². The van der Waals surface area contributed by atoms with Gasteiger partial charge in [0.15, 0.2) is 0 Å². The number of benzene rings is 1. The largest absolute Gasteiger partial charge is 0.433 e. The molecule has 1 aromatic rings. The maximum Gasteiger partial charge on any atom is 0.387 e. The Hall–Kier alpha value is -1.09. The lowest BCUT2D eigenvalue weighted by atomic mass is 10.2. The summed E-state index contributed by atoms with van der Waals surface area (Å²) in [6, 6.07) is 4.61. The molecule has 0 fully saturated rings. The van der Waals surface area contributed by atoms with Gasteiger partial charge in [-0.1, -0.05) is 36.4 Å². The molecular formula is C9H7ClF2O. The lowest BCUT2D eigenvalue weighted by molar-refractivity contribution is -0.0497. The number of rotatable bonds is 3. The zero-order valence-electron chi connectivity index (χ0n) is 6.64. The van der Waals surface area contributed by atoms with E-state index in [0.29, 0.717) is 5.56 Å². The van der Waals surface area contributed by atoms with Crippen LogP contribution in [0.15, 0.2) is 24.8 Å². The average molecular weight is 205 g/mol. The smallest absolute Gasteiger partial charge is 0.387 e. The molecule has 0 aliphatic heterocycles. The van der Waals surface area contributed by atoms with Crippen LogP contribution in [0.5, 0.6) is 5.75 Å². The first kappa shape index (κ1) is 9.99. The van der Waals surface area contributed by atoms with Crippen molar-refractivity contribution in [3.05, 3.63) is 35.4 Å². The third-order valence-corrected chi connectivity index (χ3v) is 1.83. The minimum atomic E-state index is -2.86. The van der Waals surface area contributed by atoms with Gasteiger partial charge >= 0.3 is 6.61 Å². The highest BCUT2D eigenvalue weighted by Crippen LogP contribution is 2.29. The molecule has 0 aromatic heterocycles. The van der Waals surface area contributed by atoms with Crippen molar-refractivity contribution in [1.82, 2.24) is 0 Å². The van der Waals surface area contributed by atoms with E-state index in [-0.39, 0.29) is 10.8 Å². The van der Waals surface area contributed by atoms with Gasteiger partial charge in [0.25, 0.3) is 0 Å². The molecular weight excluding hydrogens is 198 g/mol. The molecule has 0 spiro atoms. The van der Waals surface area contributed by atoms with E-state index in [0.717, 1.165) is 0 Å². The molecule has 1 nitrogen and oxygen atoms in total. The Bertz CT molecular complexity index is 312. The summed E-state index contributed by atoms with van der Waals surface area (Å²) in [5.41, 5.74) is 0.569. The van der Waals surface area contributed by atoms with E-state index in [1.54, 1.807) is 12.1 Å². The molecule has 0 bridgehead atoms. The maximum atomic E-state index is 11.8. The molecule has 0 atom stereocenters. The number of halogens is 3. The molecule has 0 radical (unpaired) electrons. The number of ether oxygens (including phenoxy) is 1. The van der Waals surface area contributed by atoms with Gasteiger partial charge in [-0.25, -0.2) is 0 Å². The molecule has 0 amide bonds. The second-order valence-corrected chi connectivity index (χ2v) is 2.62. The van der Waals surface area contributed by atoms with Crippen LogP contribution >= 0.6 is 11.6 Å². The SMILES string of the molecule is C=Cc1cccc(OC(F)F)c1Cl. The first-order chi connectivity index (χ1) is 6.15. The van der Waals surface area contributed by atoms with E-state index in [1.807, 2.05) is 0 Å². The molecule has 0 aliphatic rings. The quantitative estimate of drug-likeness (QED) is 0.731. The maximum absolute atomic E-state index is 11.8. The van der Waals surface area contributed by atoms with Crippen molar-refractivity contribution < 1.29 is 13.5 Å². The summed E-state index contributed by atoms with van der Waals surface area (Å²) in [5.74, 6) is -0.0333. The highest BCUT2D eigenvalue weighted by Gasteiger charge is 2.09. The zero-order valence-corrected chi connectivity index (χ0v) is 7.39. The number of hydrogen-bond donors (Lipinski definition) is 0. The van der Waals surface area contributed by atoms with Crippen LogP contribution in [-0.2, 0) is 0 Å². The Labute approximate surface area is 79.6 Å². The molecule has 4 heteroatoms. The summed E-state index contributed by atoms with van der Waals surface area (Å²) in [6.45, 7) is 0.621. The molecule has 70 valence electrons. The molecule has 0 heterocycles. The van der Waals surface area contributed by atoms with Crippen molar-refractivity contribution in [3.8, 4) is 5.75 Å². The minimum absolute atomic E-state index is 0.0333. The Morgan fingerprint density at radius 3 is 2.69 bits per heavy atom. The summed E-state index contributed by atoms with van der Waals surface area (Å²) in [6.07, 6.45) is 1.47. The predicted octanol–water partition coefficient (Wildman–Crippen LogP) is 3.58. The highest BCUT2D eigenvalue weighted by atomic mass is 35.5. The van der Waals surface area contributed by atoms with Crippen LogP contribution in [0.4, 0.5) is 8.78 Å². The van der Waals surface area contributed by atoms with Crippen LogP contribution in [0.3, 0.4) is 0 Å². The molecule has 0 saturated heterocycles. The molecule has 0 aliphatic carbocycles. The topological polar surface area (TPSA) is 9.23 Å². The van der Waals surface area contributed by atoms with Gasteiger partial charge in [0.2, 0.25) is 0 Å². The van der Waals surface area contributed by atoms with Crippen molar-refractivity contribution in [1.29, 1.82) is 0 Å². The Balaban J connectivity index is 3.01. The second kappa shape index (κ2) is 4.23. The zero-order chi connectivity index (χ0) is 9.84. The first-order valence-electron chi connectivity index (χ1n) is 3.51. The van der Waals surface area contributed by atoms with E-state index < -0.39 is 6.61 Å². The third kappa shape index (κ3) is 2.42. The fraction of sp³-hybridized carbons (Fsp3) is 0.111. The Kier molecular flexibility index (Phi) is 3.25. The summed E-state index contributed by atoms with van der Waals surface area (Å²) in [7, 11) is 0. The Morgan fingerprint density at radius 2 is 2.15 bits per heavy atom. The van der Waals surface area contributed by atoms with Gasteiger partial charge in [-0.15, -0.1) is 0 Å². The first-order valence-corrected chi connectivity index (χ1v) is 3.88. The number of hydrogen-bond acceptors (Lipinski definition) is 1. The van der Waals surface area contributed by atoms with Crippen LogP contribution < -0.4 is 4.74 Å². The molecule has 1 rings (SSSR count). The number of alkyl halides is 2. The summed E-state index contributed by atoms with van der Waals surface area (Å²) in [4.78, 5) is 0. The van der Waals surface area contributed by atoms with Crippen LogP contribution in [0.2, 0.25) is 5.02 Å². The monoisotopic (exact) mass is 204 g/mol. The fourth-order valence-corrected chi connectivity index (χ4v) is 1.12. The van der Waals surface area contributed by atoms with Gasteiger partial charge in [0, 0.05) is 0 Å². The summed E-state index contributed by atoms with van der Waals surface area (Å²) in [5, 5.41) is 0.151. The van der Waals surface area contributed by atoms with Crippen LogP contribution in [0, 0.1) is 0 Å². The van der Waals surface area contributed by atoms with Gasteiger partial charge in [0.1, 0.15) is 5.75 Å². The molecule has 1 aromatic carbocycles. The fourth-order valence-electron chi connectivity index (χ4n) is 0.872. The lowest BCUT2D eigenvalue weighted by Gasteiger charge is -2.07. The third-order valence-electron chi connectivity index (χ3n) is 1.43. The standard InChI is InChI=1S/C9H7ClF2O/c1-2-6-4-3-5-7(8(6)10)13-9(11)12/h2-5,9H,1H2.